The van der Waals surface area contributed by atoms with Crippen LogP contribution in [-0.2, 0) is 0 Å². The Kier molecular flexibility index (Phi) is 6.92. The number of carbonyl (C=O) groups is 1. The summed E-state index contributed by atoms with van der Waals surface area (Å²) >= 11 is 0. The number of rotatable bonds is 9. The van der Waals surface area contributed by atoms with Crippen molar-refractivity contribution in [2.45, 2.75) is 33.6 Å². The molecule has 1 N–H and O–H groups in total. The van der Waals surface area contributed by atoms with Gasteiger partial charge < -0.3 is 14.5 Å². The number of ether oxygens (including phenoxy) is 2. The van der Waals surface area contributed by atoms with Crippen molar-refractivity contribution in [3.05, 3.63) is 64.9 Å². The fourth-order valence-electron chi connectivity index (χ4n) is 3.29. The fraction of sp³-hybridized carbons (Fsp3) is 0.280. The number of para-hydroxylation sites is 1. The number of Topliss-reactive ketones (excluding diaryl/α,β-unsaturated/α-hetero) is 1. The molecule has 30 heavy (non-hydrogen) atoms. The monoisotopic (exact) mass is 402 g/mol. The van der Waals surface area contributed by atoms with Gasteiger partial charge in [-0.2, -0.15) is 5.26 Å². The number of allylic oxidation sites excluding steroid dienone is 1. The maximum absolute atomic E-state index is 13.2. The highest BCUT2D eigenvalue weighted by Gasteiger charge is 2.20. The van der Waals surface area contributed by atoms with E-state index in [9.17, 15) is 10.1 Å². The average Bonchev–Trinajstić information content (AvgIpc) is 3.10. The second-order valence-electron chi connectivity index (χ2n) is 7.07. The van der Waals surface area contributed by atoms with Crippen LogP contribution in [0.1, 0.15) is 48.3 Å². The Morgan fingerprint density at radius 3 is 2.57 bits per heavy atom. The van der Waals surface area contributed by atoms with Gasteiger partial charge in [-0.15, -0.1) is 0 Å². The van der Waals surface area contributed by atoms with E-state index in [0.717, 1.165) is 29.4 Å². The molecule has 0 aliphatic carbocycles. The molecule has 1 aromatic heterocycles. The molecule has 0 fully saturated rings. The molecule has 0 aliphatic rings. The molecular weight excluding hydrogens is 376 g/mol. The summed E-state index contributed by atoms with van der Waals surface area (Å²) in [5.41, 5.74) is 2.88. The van der Waals surface area contributed by atoms with Crippen LogP contribution < -0.4 is 9.47 Å². The van der Waals surface area contributed by atoms with Gasteiger partial charge in [0.2, 0.25) is 5.78 Å². The standard InChI is InChI=1S/C25H26N2O3/c1-4-12-29-20-11-10-18(23(15-20)30-13-5-2)14-19(16-26)25(28)24-17(3)27-22-9-7-6-8-21(22)24/h6-11,14-15,27H,4-5,12-13H2,1-3H3/b19-14+. The van der Waals surface area contributed by atoms with Crippen LogP contribution in [0.3, 0.4) is 0 Å². The van der Waals surface area contributed by atoms with Crippen molar-refractivity contribution in [1.82, 2.24) is 4.98 Å². The lowest BCUT2D eigenvalue weighted by molar-refractivity contribution is 0.104. The van der Waals surface area contributed by atoms with Crippen LogP contribution in [0.15, 0.2) is 48.0 Å². The Morgan fingerprint density at radius 2 is 1.83 bits per heavy atom. The summed E-state index contributed by atoms with van der Waals surface area (Å²) in [6.45, 7) is 7.07. The maximum atomic E-state index is 13.2. The van der Waals surface area contributed by atoms with E-state index in [1.165, 1.54) is 0 Å². The van der Waals surface area contributed by atoms with Gasteiger partial charge in [0.15, 0.2) is 0 Å². The summed E-state index contributed by atoms with van der Waals surface area (Å²) in [5, 5.41) is 10.6. The summed E-state index contributed by atoms with van der Waals surface area (Å²) in [6.07, 6.45) is 3.35. The summed E-state index contributed by atoms with van der Waals surface area (Å²) in [5.74, 6) is 0.999. The molecule has 0 saturated heterocycles. The molecule has 5 heteroatoms. The van der Waals surface area contributed by atoms with Crippen LogP contribution in [0.25, 0.3) is 17.0 Å². The van der Waals surface area contributed by atoms with Crippen molar-refractivity contribution in [3.63, 3.8) is 0 Å². The third-order valence-corrected chi connectivity index (χ3v) is 4.71. The van der Waals surface area contributed by atoms with Crippen molar-refractivity contribution in [1.29, 1.82) is 5.26 Å². The largest absolute Gasteiger partial charge is 0.493 e. The first-order chi connectivity index (χ1) is 14.6. The van der Waals surface area contributed by atoms with Crippen molar-refractivity contribution >= 4 is 22.8 Å². The summed E-state index contributed by atoms with van der Waals surface area (Å²) in [4.78, 5) is 16.5. The molecule has 1 heterocycles. The zero-order valence-electron chi connectivity index (χ0n) is 17.6. The first-order valence-electron chi connectivity index (χ1n) is 10.2. The van der Waals surface area contributed by atoms with E-state index in [0.29, 0.717) is 35.8 Å². The molecule has 0 bridgehead atoms. The van der Waals surface area contributed by atoms with Crippen LogP contribution in [0.4, 0.5) is 0 Å². The van der Waals surface area contributed by atoms with Crippen LogP contribution in [0, 0.1) is 18.3 Å². The third kappa shape index (κ3) is 4.55. The number of hydrogen-bond donors (Lipinski definition) is 1. The average molecular weight is 402 g/mol. The summed E-state index contributed by atoms with van der Waals surface area (Å²) < 4.78 is 11.6. The van der Waals surface area contributed by atoms with Gasteiger partial charge in [-0.3, -0.25) is 4.79 Å². The number of hydrogen-bond acceptors (Lipinski definition) is 4. The zero-order chi connectivity index (χ0) is 21.5. The number of aromatic nitrogens is 1. The Labute approximate surface area is 176 Å². The minimum Gasteiger partial charge on any atom is -0.493 e. The number of aromatic amines is 1. The van der Waals surface area contributed by atoms with E-state index < -0.39 is 0 Å². The molecule has 2 aromatic carbocycles. The first kappa shape index (κ1) is 21.2. The van der Waals surface area contributed by atoms with Crippen LogP contribution >= 0.6 is 0 Å². The van der Waals surface area contributed by atoms with E-state index in [1.807, 2.05) is 63.2 Å². The van der Waals surface area contributed by atoms with E-state index >= 15 is 0 Å². The highest BCUT2D eigenvalue weighted by molar-refractivity contribution is 6.20. The molecule has 0 amide bonds. The smallest absolute Gasteiger partial charge is 0.205 e. The minimum atomic E-state index is -0.305. The Hall–Kier alpha value is -3.52. The van der Waals surface area contributed by atoms with Gasteiger partial charge >= 0.3 is 0 Å². The lowest BCUT2D eigenvalue weighted by Crippen LogP contribution is -2.04. The van der Waals surface area contributed by atoms with Gasteiger partial charge in [0.05, 0.1) is 18.8 Å². The van der Waals surface area contributed by atoms with Crippen molar-refractivity contribution < 1.29 is 14.3 Å². The molecular formula is C25H26N2O3. The molecule has 0 saturated carbocycles. The third-order valence-electron chi connectivity index (χ3n) is 4.71. The van der Waals surface area contributed by atoms with Crippen LogP contribution in [-0.4, -0.2) is 24.0 Å². The van der Waals surface area contributed by atoms with Crippen LogP contribution in [0.5, 0.6) is 11.5 Å². The Morgan fingerprint density at radius 1 is 1.10 bits per heavy atom. The predicted octanol–water partition coefficient (Wildman–Crippen LogP) is 5.84. The van der Waals surface area contributed by atoms with Gasteiger partial charge in [0, 0.05) is 28.2 Å². The second-order valence-corrected chi connectivity index (χ2v) is 7.07. The van der Waals surface area contributed by atoms with E-state index in [-0.39, 0.29) is 11.4 Å². The van der Waals surface area contributed by atoms with Gasteiger partial charge in [-0.05, 0) is 44.0 Å². The number of nitrogens with zero attached hydrogens (tertiary/aromatic N) is 1. The molecule has 0 aliphatic heterocycles. The summed E-state index contributed by atoms with van der Waals surface area (Å²) in [7, 11) is 0. The van der Waals surface area contributed by atoms with E-state index in [2.05, 4.69) is 11.1 Å². The van der Waals surface area contributed by atoms with Crippen molar-refractivity contribution in [2.24, 2.45) is 0 Å². The zero-order valence-corrected chi connectivity index (χ0v) is 17.6. The number of fused-ring (bicyclic) bond motifs is 1. The van der Waals surface area contributed by atoms with Gasteiger partial charge in [-0.25, -0.2) is 0 Å². The van der Waals surface area contributed by atoms with Gasteiger partial charge in [0.25, 0.3) is 0 Å². The van der Waals surface area contributed by atoms with Gasteiger partial charge in [0.1, 0.15) is 23.1 Å². The molecule has 0 spiro atoms. The topological polar surface area (TPSA) is 75.1 Å². The van der Waals surface area contributed by atoms with Crippen LogP contribution in [0.2, 0.25) is 0 Å². The number of nitrogens with one attached hydrogen (secondary N) is 1. The highest BCUT2D eigenvalue weighted by Crippen LogP contribution is 2.29. The number of carbonyl (C=O) groups excluding carboxylic acids is 1. The number of ketones is 1. The SMILES string of the molecule is CCCOc1ccc(/C=C(\C#N)C(=O)c2c(C)[nH]c3ccccc23)c(OCCC)c1. The molecule has 5 nitrogen and oxygen atoms in total. The first-order valence-corrected chi connectivity index (χ1v) is 10.2. The predicted molar refractivity (Wildman–Crippen MR) is 119 cm³/mol. The Bertz CT molecular complexity index is 1120. The van der Waals surface area contributed by atoms with Gasteiger partial charge in [-0.1, -0.05) is 32.0 Å². The van der Waals surface area contributed by atoms with E-state index in [4.69, 9.17) is 9.47 Å². The molecule has 0 unspecified atom stereocenters. The lowest BCUT2D eigenvalue weighted by atomic mass is 9.99. The lowest BCUT2D eigenvalue weighted by Gasteiger charge is -2.12. The Balaban J connectivity index is 2.01. The fourth-order valence-corrected chi connectivity index (χ4v) is 3.29. The van der Waals surface area contributed by atoms with E-state index in [1.54, 1.807) is 6.08 Å². The molecule has 154 valence electrons. The molecule has 0 atom stereocenters. The van der Waals surface area contributed by atoms with Crippen molar-refractivity contribution in [2.75, 3.05) is 13.2 Å². The number of benzene rings is 2. The highest BCUT2D eigenvalue weighted by atomic mass is 16.5. The molecule has 3 aromatic rings. The number of nitriles is 1. The molecule has 0 radical (unpaired) electrons. The maximum Gasteiger partial charge on any atom is 0.205 e. The second kappa shape index (κ2) is 9.80. The number of aryl methyl sites for hydroxylation is 1. The molecule has 3 rings (SSSR count). The normalized spacial score (nSPS) is 11.3. The number of H-pyrrole nitrogens is 1. The quantitative estimate of drug-likeness (QED) is 0.277. The van der Waals surface area contributed by atoms with Crippen molar-refractivity contribution in [3.8, 4) is 17.6 Å². The summed E-state index contributed by atoms with van der Waals surface area (Å²) in [6, 6.07) is 15.1. The minimum absolute atomic E-state index is 0.0615.